The fourth-order valence-corrected chi connectivity index (χ4v) is 5.83. The first kappa shape index (κ1) is 18.0. The highest BCUT2D eigenvalue weighted by atomic mass is 16.3. The SMILES string of the molecule is CN1c2cccc(c2)-c2cccc3oc4ccc(-n5c6ccccc6c6ccccc65)c1c4c23. The lowest BCUT2D eigenvalue weighted by molar-refractivity contribution is 0.669. The molecule has 7 aromatic rings. The average Bonchev–Trinajstić information content (AvgIpc) is 3.43. The highest BCUT2D eigenvalue weighted by Gasteiger charge is 2.25. The smallest absolute Gasteiger partial charge is 0.137 e. The minimum absolute atomic E-state index is 0.916. The molecule has 3 heteroatoms. The number of hydrogen-bond donors (Lipinski definition) is 0. The highest BCUT2D eigenvalue weighted by Crippen LogP contribution is 2.48. The van der Waals surface area contributed by atoms with Crippen LogP contribution in [0.2, 0.25) is 0 Å². The molecule has 0 aliphatic carbocycles. The fourth-order valence-electron chi connectivity index (χ4n) is 5.83. The van der Waals surface area contributed by atoms with Gasteiger partial charge in [0.1, 0.15) is 11.2 Å². The maximum atomic E-state index is 6.40. The zero-order valence-corrected chi connectivity index (χ0v) is 18.6. The van der Waals surface area contributed by atoms with Crippen LogP contribution in [-0.4, -0.2) is 11.6 Å². The van der Waals surface area contributed by atoms with Crippen LogP contribution >= 0.6 is 0 Å². The van der Waals surface area contributed by atoms with Gasteiger partial charge in [-0.3, -0.25) is 0 Å². The summed E-state index contributed by atoms with van der Waals surface area (Å²) >= 11 is 0. The number of benzene rings is 5. The average molecular weight is 437 g/mol. The number of para-hydroxylation sites is 2. The van der Waals surface area contributed by atoms with Gasteiger partial charge in [-0.1, -0.05) is 60.7 Å². The lowest BCUT2D eigenvalue weighted by Crippen LogP contribution is -2.14. The summed E-state index contributed by atoms with van der Waals surface area (Å²) in [6.07, 6.45) is 0. The molecule has 3 heterocycles. The Morgan fingerprint density at radius 2 is 1.32 bits per heavy atom. The van der Waals surface area contributed by atoms with Crippen molar-refractivity contribution in [2.45, 2.75) is 0 Å². The summed E-state index contributed by atoms with van der Waals surface area (Å²) in [6.45, 7) is 0. The number of aromatic nitrogens is 1. The van der Waals surface area contributed by atoms with E-state index in [4.69, 9.17) is 4.42 Å². The molecule has 160 valence electrons. The van der Waals surface area contributed by atoms with Gasteiger partial charge in [0, 0.05) is 28.9 Å². The van der Waals surface area contributed by atoms with E-state index in [1.165, 1.54) is 43.7 Å². The topological polar surface area (TPSA) is 21.3 Å². The van der Waals surface area contributed by atoms with Crippen molar-refractivity contribution in [3.05, 3.63) is 103 Å². The highest BCUT2D eigenvalue weighted by molar-refractivity contribution is 6.21. The molecule has 0 radical (unpaired) electrons. The molecule has 34 heavy (non-hydrogen) atoms. The third-order valence-corrected chi connectivity index (χ3v) is 7.32. The van der Waals surface area contributed by atoms with Crippen molar-refractivity contribution in [1.82, 2.24) is 4.57 Å². The number of hydrogen-bond acceptors (Lipinski definition) is 2. The summed E-state index contributed by atoms with van der Waals surface area (Å²) in [5.74, 6) is 0. The second kappa shape index (κ2) is 6.30. The van der Waals surface area contributed by atoms with E-state index in [1.54, 1.807) is 0 Å². The Kier molecular flexibility index (Phi) is 3.33. The van der Waals surface area contributed by atoms with E-state index >= 15 is 0 Å². The molecule has 0 atom stereocenters. The van der Waals surface area contributed by atoms with Crippen LogP contribution in [0, 0.1) is 0 Å². The van der Waals surface area contributed by atoms with E-state index in [0.29, 0.717) is 0 Å². The summed E-state index contributed by atoms with van der Waals surface area (Å²) < 4.78 is 8.81. The molecule has 2 aromatic heterocycles. The predicted octanol–water partition coefficient (Wildman–Crippen LogP) is 8.43. The van der Waals surface area contributed by atoms with Gasteiger partial charge in [0.25, 0.3) is 0 Å². The van der Waals surface area contributed by atoms with Crippen LogP contribution in [-0.2, 0) is 0 Å². The summed E-state index contributed by atoms with van der Waals surface area (Å²) in [7, 11) is 2.16. The van der Waals surface area contributed by atoms with Crippen molar-refractivity contribution in [2.75, 3.05) is 11.9 Å². The second-order valence-corrected chi connectivity index (χ2v) is 9.07. The van der Waals surface area contributed by atoms with Crippen molar-refractivity contribution in [2.24, 2.45) is 0 Å². The predicted molar refractivity (Wildman–Crippen MR) is 142 cm³/mol. The molecule has 1 aliphatic rings. The van der Waals surface area contributed by atoms with Gasteiger partial charge in [-0.05, 0) is 53.6 Å². The molecule has 1 aliphatic heterocycles. The van der Waals surface area contributed by atoms with Gasteiger partial charge in [-0.25, -0.2) is 0 Å². The molecule has 0 N–H and O–H groups in total. The van der Waals surface area contributed by atoms with Crippen molar-refractivity contribution in [3.8, 4) is 16.8 Å². The zero-order chi connectivity index (χ0) is 22.4. The molecule has 0 spiro atoms. The largest absolute Gasteiger partial charge is 0.456 e. The van der Waals surface area contributed by atoms with E-state index in [1.807, 2.05) is 0 Å². The van der Waals surface area contributed by atoms with E-state index in [-0.39, 0.29) is 0 Å². The molecular formula is C31H20N2O. The molecule has 0 unspecified atom stereocenters. The van der Waals surface area contributed by atoms with Crippen LogP contribution in [0.25, 0.3) is 60.6 Å². The third-order valence-electron chi connectivity index (χ3n) is 7.32. The molecule has 2 bridgehead atoms. The van der Waals surface area contributed by atoms with Gasteiger partial charge in [-0.2, -0.15) is 0 Å². The molecule has 8 rings (SSSR count). The molecule has 0 amide bonds. The first-order valence-electron chi connectivity index (χ1n) is 11.6. The Hall–Kier alpha value is -4.50. The van der Waals surface area contributed by atoms with Crippen LogP contribution in [0.3, 0.4) is 0 Å². The first-order chi connectivity index (χ1) is 16.8. The van der Waals surface area contributed by atoms with E-state index in [2.05, 4.69) is 120 Å². The summed E-state index contributed by atoms with van der Waals surface area (Å²) in [6, 6.07) is 36.9. The monoisotopic (exact) mass is 436 g/mol. The van der Waals surface area contributed by atoms with Crippen LogP contribution in [0.1, 0.15) is 0 Å². The van der Waals surface area contributed by atoms with Crippen LogP contribution in [0.4, 0.5) is 11.4 Å². The molecule has 3 nitrogen and oxygen atoms in total. The van der Waals surface area contributed by atoms with Crippen LogP contribution in [0.5, 0.6) is 0 Å². The van der Waals surface area contributed by atoms with Gasteiger partial charge in [0.05, 0.1) is 27.8 Å². The van der Waals surface area contributed by atoms with Gasteiger partial charge in [0.2, 0.25) is 0 Å². The maximum absolute atomic E-state index is 6.40. The number of fused-ring (bicyclic) bond motifs is 6. The number of furan rings is 1. The summed E-state index contributed by atoms with van der Waals surface area (Å²) in [4.78, 5) is 2.32. The van der Waals surface area contributed by atoms with Crippen molar-refractivity contribution in [3.63, 3.8) is 0 Å². The minimum Gasteiger partial charge on any atom is -0.456 e. The Labute approximate surface area is 196 Å². The zero-order valence-electron chi connectivity index (χ0n) is 18.6. The van der Waals surface area contributed by atoms with Crippen LogP contribution in [0.15, 0.2) is 108 Å². The standard InChI is InChI=1S/C31H20N2O/c1-32-20-9-6-8-19(18-20)21-12-7-15-27-29(21)30-28(34-27)17-16-26(31(30)32)33-24-13-4-2-10-22(24)23-11-3-5-14-25(23)33/h2-18H,1H3. The van der Waals surface area contributed by atoms with Gasteiger partial charge >= 0.3 is 0 Å². The minimum atomic E-state index is 0.916. The lowest BCUT2D eigenvalue weighted by Gasteiger charge is -2.27. The summed E-state index contributed by atoms with van der Waals surface area (Å²) in [5.41, 5.74) is 10.2. The molecular weight excluding hydrogens is 416 g/mol. The quantitative estimate of drug-likeness (QED) is 0.257. The second-order valence-electron chi connectivity index (χ2n) is 9.07. The van der Waals surface area contributed by atoms with Crippen molar-refractivity contribution < 1.29 is 4.42 Å². The van der Waals surface area contributed by atoms with Crippen LogP contribution < -0.4 is 4.90 Å². The Balaban J connectivity index is 1.63. The van der Waals surface area contributed by atoms with E-state index in [9.17, 15) is 0 Å². The number of nitrogens with zero attached hydrogens (tertiary/aromatic N) is 2. The Bertz CT molecular complexity index is 1890. The van der Waals surface area contributed by atoms with E-state index in [0.717, 1.165) is 28.2 Å². The maximum Gasteiger partial charge on any atom is 0.137 e. The first-order valence-corrected chi connectivity index (χ1v) is 11.6. The van der Waals surface area contributed by atoms with Gasteiger partial charge in [-0.15, -0.1) is 0 Å². The van der Waals surface area contributed by atoms with Crippen molar-refractivity contribution in [1.29, 1.82) is 0 Å². The fraction of sp³-hybridized carbons (Fsp3) is 0.0323. The van der Waals surface area contributed by atoms with Crippen molar-refractivity contribution >= 4 is 55.1 Å². The van der Waals surface area contributed by atoms with Gasteiger partial charge < -0.3 is 13.9 Å². The Morgan fingerprint density at radius 1 is 0.618 bits per heavy atom. The van der Waals surface area contributed by atoms with E-state index < -0.39 is 0 Å². The third kappa shape index (κ3) is 2.16. The lowest BCUT2D eigenvalue weighted by atomic mass is 9.95. The normalized spacial score (nSPS) is 12.8. The molecule has 0 fully saturated rings. The molecule has 5 aromatic carbocycles. The number of anilines is 2. The summed E-state index contributed by atoms with van der Waals surface area (Å²) in [5, 5.41) is 4.87. The molecule has 0 saturated heterocycles. The van der Waals surface area contributed by atoms with Gasteiger partial charge in [0.15, 0.2) is 0 Å². The number of rotatable bonds is 1. The Morgan fingerprint density at radius 3 is 2.12 bits per heavy atom. The molecule has 0 saturated carbocycles.